The number of hydrogen-bond acceptors (Lipinski definition) is 4. The van der Waals surface area contributed by atoms with Crippen molar-refractivity contribution in [1.29, 1.82) is 0 Å². The van der Waals surface area contributed by atoms with Gasteiger partial charge in [-0.2, -0.15) is 0 Å². The van der Waals surface area contributed by atoms with Crippen molar-refractivity contribution in [1.82, 2.24) is 15.0 Å². The van der Waals surface area contributed by atoms with Gasteiger partial charge in [0.25, 0.3) is 5.91 Å². The van der Waals surface area contributed by atoms with Crippen LogP contribution in [0.1, 0.15) is 16.2 Å². The first-order valence-corrected chi connectivity index (χ1v) is 8.91. The molecule has 0 aliphatic carbocycles. The van der Waals surface area contributed by atoms with Crippen LogP contribution in [-0.4, -0.2) is 26.8 Å². The minimum Gasteiger partial charge on any atom is -0.322 e. The molecule has 0 radical (unpaired) electrons. The fraction of sp³-hybridized carbons (Fsp3) is 0.111. The normalized spacial score (nSPS) is 10.7. The topological polar surface area (TPSA) is 88.9 Å². The minimum atomic E-state index is -0.908. The lowest BCUT2D eigenvalue weighted by Gasteiger charge is -2.08. The summed E-state index contributed by atoms with van der Waals surface area (Å²) in [7, 11) is 0. The van der Waals surface area contributed by atoms with Gasteiger partial charge in [0.15, 0.2) is 5.69 Å². The first kappa shape index (κ1) is 20.7. The Kier molecular flexibility index (Phi) is 6.09. The molecule has 2 amide bonds. The zero-order chi connectivity index (χ0) is 21.1. The maximum absolute atomic E-state index is 13.6. The number of rotatable bonds is 5. The summed E-state index contributed by atoms with van der Waals surface area (Å²) in [6.07, 6.45) is 0. The number of hydrogen-bond donors (Lipinski definition) is 2. The summed E-state index contributed by atoms with van der Waals surface area (Å²) in [4.78, 5) is 24.6. The van der Waals surface area contributed by atoms with E-state index in [0.717, 1.165) is 12.1 Å². The fourth-order valence-electron chi connectivity index (χ4n) is 2.45. The summed E-state index contributed by atoms with van der Waals surface area (Å²) in [6.45, 7) is 1.22. The van der Waals surface area contributed by atoms with Gasteiger partial charge in [-0.1, -0.05) is 28.4 Å². The van der Waals surface area contributed by atoms with E-state index in [0.29, 0.717) is 27.5 Å². The second-order valence-electron chi connectivity index (χ2n) is 5.97. The van der Waals surface area contributed by atoms with Gasteiger partial charge in [0.1, 0.15) is 18.2 Å². The first-order chi connectivity index (χ1) is 13.7. The van der Waals surface area contributed by atoms with Gasteiger partial charge in [-0.15, -0.1) is 5.10 Å². The zero-order valence-electron chi connectivity index (χ0n) is 14.8. The monoisotopic (exact) mass is 439 g/mol. The van der Waals surface area contributed by atoms with E-state index in [1.165, 1.54) is 22.9 Å². The SMILES string of the molecule is Cc1c(C(=O)Nc2cc(Cl)cc(Cl)c2)nnn1CC(=O)Nc1ccc(F)cc1F. The standard InChI is InChI=1S/C18H13Cl2F2N5O2/c1-9-17(18(29)23-13-5-10(19)4-11(20)6-13)25-26-27(9)8-16(28)24-15-3-2-12(21)7-14(15)22/h2-7H,8H2,1H3,(H,23,29)(H,24,28). The lowest BCUT2D eigenvalue weighted by atomic mass is 10.2. The molecule has 2 N–H and O–H groups in total. The molecule has 1 heterocycles. The van der Waals surface area contributed by atoms with Gasteiger partial charge in [-0.25, -0.2) is 13.5 Å². The number of aromatic nitrogens is 3. The van der Waals surface area contributed by atoms with Crippen molar-refractivity contribution in [3.8, 4) is 0 Å². The Labute approximate surface area is 173 Å². The third kappa shape index (κ3) is 5.07. The highest BCUT2D eigenvalue weighted by Crippen LogP contribution is 2.23. The van der Waals surface area contributed by atoms with Crippen LogP contribution < -0.4 is 10.6 Å². The predicted octanol–water partition coefficient (Wildman–Crippen LogP) is 4.06. The number of carbonyl (C=O) groups excluding carboxylic acids is 2. The summed E-state index contributed by atoms with van der Waals surface area (Å²) < 4.78 is 27.8. The fourth-order valence-corrected chi connectivity index (χ4v) is 2.98. The molecule has 0 unspecified atom stereocenters. The highest BCUT2D eigenvalue weighted by molar-refractivity contribution is 6.35. The highest BCUT2D eigenvalue weighted by atomic mass is 35.5. The summed E-state index contributed by atoms with van der Waals surface area (Å²) in [5.74, 6) is -2.87. The maximum atomic E-state index is 13.6. The van der Waals surface area contributed by atoms with E-state index < -0.39 is 23.4 Å². The van der Waals surface area contributed by atoms with Gasteiger partial charge < -0.3 is 10.6 Å². The lowest BCUT2D eigenvalue weighted by Crippen LogP contribution is -2.21. The second kappa shape index (κ2) is 8.54. The number of anilines is 2. The van der Waals surface area contributed by atoms with Gasteiger partial charge in [0, 0.05) is 21.8 Å². The number of nitrogens with zero attached hydrogens (tertiary/aromatic N) is 3. The molecule has 0 aliphatic rings. The Morgan fingerprint density at radius 2 is 1.76 bits per heavy atom. The van der Waals surface area contributed by atoms with Crippen LogP contribution in [-0.2, 0) is 11.3 Å². The average molecular weight is 440 g/mol. The van der Waals surface area contributed by atoms with Crippen molar-refractivity contribution in [3.63, 3.8) is 0 Å². The van der Waals surface area contributed by atoms with E-state index in [-0.39, 0.29) is 17.9 Å². The Morgan fingerprint density at radius 3 is 2.41 bits per heavy atom. The van der Waals surface area contributed by atoms with Crippen molar-refractivity contribution in [2.45, 2.75) is 13.5 Å². The van der Waals surface area contributed by atoms with E-state index in [2.05, 4.69) is 20.9 Å². The molecule has 0 fully saturated rings. The first-order valence-electron chi connectivity index (χ1n) is 8.15. The summed E-state index contributed by atoms with van der Waals surface area (Å²) in [6, 6.07) is 7.31. The average Bonchev–Trinajstić information content (AvgIpc) is 2.97. The molecular formula is C18H13Cl2F2N5O2. The Bertz CT molecular complexity index is 1080. The van der Waals surface area contributed by atoms with Gasteiger partial charge in [-0.3, -0.25) is 9.59 Å². The van der Waals surface area contributed by atoms with E-state index in [4.69, 9.17) is 23.2 Å². The van der Waals surface area contributed by atoms with Crippen molar-refractivity contribution in [3.05, 3.63) is 69.5 Å². The van der Waals surface area contributed by atoms with Crippen LogP contribution in [0, 0.1) is 18.6 Å². The van der Waals surface area contributed by atoms with E-state index in [1.807, 2.05) is 0 Å². The van der Waals surface area contributed by atoms with Gasteiger partial charge in [0.2, 0.25) is 5.91 Å². The molecule has 3 rings (SSSR count). The van der Waals surface area contributed by atoms with Crippen LogP contribution in [0.4, 0.5) is 20.2 Å². The molecule has 3 aromatic rings. The van der Waals surface area contributed by atoms with Crippen LogP contribution in [0.3, 0.4) is 0 Å². The van der Waals surface area contributed by atoms with Crippen LogP contribution in [0.5, 0.6) is 0 Å². The predicted molar refractivity (Wildman–Crippen MR) is 104 cm³/mol. The van der Waals surface area contributed by atoms with Crippen molar-refractivity contribution in [2.75, 3.05) is 10.6 Å². The Hall–Kier alpha value is -3.04. The number of halogens is 4. The second-order valence-corrected chi connectivity index (χ2v) is 6.84. The molecule has 150 valence electrons. The molecule has 0 aliphatic heterocycles. The maximum Gasteiger partial charge on any atom is 0.278 e. The van der Waals surface area contributed by atoms with E-state index in [9.17, 15) is 18.4 Å². The van der Waals surface area contributed by atoms with Crippen LogP contribution >= 0.6 is 23.2 Å². The number of amides is 2. The molecule has 0 spiro atoms. The third-order valence-electron chi connectivity index (χ3n) is 3.82. The number of benzene rings is 2. The Morgan fingerprint density at radius 1 is 1.07 bits per heavy atom. The molecule has 0 saturated heterocycles. The summed E-state index contributed by atoms with van der Waals surface area (Å²) in [5.41, 5.74) is 0.489. The molecule has 0 saturated carbocycles. The summed E-state index contributed by atoms with van der Waals surface area (Å²) in [5, 5.41) is 13.1. The lowest BCUT2D eigenvalue weighted by molar-refractivity contribution is -0.117. The molecule has 0 bridgehead atoms. The number of nitrogens with one attached hydrogen (secondary N) is 2. The molecule has 11 heteroatoms. The van der Waals surface area contributed by atoms with Gasteiger partial charge in [-0.05, 0) is 37.3 Å². The van der Waals surface area contributed by atoms with Crippen LogP contribution in [0.2, 0.25) is 10.0 Å². The molecule has 0 atom stereocenters. The summed E-state index contributed by atoms with van der Waals surface area (Å²) >= 11 is 11.8. The van der Waals surface area contributed by atoms with Crippen LogP contribution in [0.15, 0.2) is 36.4 Å². The molecular weight excluding hydrogens is 427 g/mol. The van der Waals surface area contributed by atoms with Gasteiger partial charge in [0.05, 0.1) is 11.4 Å². The van der Waals surface area contributed by atoms with Crippen molar-refractivity contribution in [2.24, 2.45) is 0 Å². The third-order valence-corrected chi connectivity index (χ3v) is 4.25. The zero-order valence-corrected chi connectivity index (χ0v) is 16.4. The quantitative estimate of drug-likeness (QED) is 0.627. The van der Waals surface area contributed by atoms with Crippen LogP contribution in [0.25, 0.3) is 0 Å². The van der Waals surface area contributed by atoms with Gasteiger partial charge >= 0.3 is 0 Å². The van der Waals surface area contributed by atoms with E-state index in [1.54, 1.807) is 6.92 Å². The smallest absolute Gasteiger partial charge is 0.278 e. The Balaban J connectivity index is 1.69. The largest absolute Gasteiger partial charge is 0.322 e. The molecule has 29 heavy (non-hydrogen) atoms. The number of carbonyl (C=O) groups is 2. The molecule has 2 aromatic carbocycles. The minimum absolute atomic E-state index is 0.0122. The molecule has 1 aromatic heterocycles. The highest BCUT2D eigenvalue weighted by Gasteiger charge is 2.19. The van der Waals surface area contributed by atoms with Crippen molar-refractivity contribution >= 4 is 46.4 Å². The van der Waals surface area contributed by atoms with Crippen molar-refractivity contribution < 1.29 is 18.4 Å². The molecule has 7 nitrogen and oxygen atoms in total. The van der Waals surface area contributed by atoms with E-state index >= 15 is 0 Å².